The van der Waals surface area contributed by atoms with Crippen molar-refractivity contribution in [1.82, 2.24) is 4.31 Å². The summed E-state index contributed by atoms with van der Waals surface area (Å²) in [5, 5.41) is 0. The molecule has 0 spiro atoms. The highest BCUT2D eigenvalue weighted by molar-refractivity contribution is 8.68. The lowest BCUT2D eigenvalue weighted by atomic mass is 10.0. The van der Waals surface area contributed by atoms with Crippen LogP contribution in [-0.4, -0.2) is 25.8 Å². The molecule has 0 aliphatic carbocycles. The van der Waals surface area contributed by atoms with Crippen molar-refractivity contribution in [2.24, 2.45) is 5.92 Å². The van der Waals surface area contributed by atoms with Crippen LogP contribution in [0.1, 0.15) is 19.8 Å². The van der Waals surface area contributed by atoms with Crippen molar-refractivity contribution in [3.05, 3.63) is 24.3 Å². The molecule has 1 saturated heterocycles. The van der Waals surface area contributed by atoms with Crippen LogP contribution in [0.4, 0.5) is 0 Å². The van der Waals surface area contributed by atoms with Crippen molar-refractivity contribution < 1.29 is 8.42 Å². The fraction of sp³-hybridized carbons (Fsp3) is 0.500. The molecule has 0 amide bonds. The van der Waals surface area contributed by atoms with E-state index < -0.39 is 10.0 Å². The van der Waals surface area contributed by atoms with Crippen molar-refractivity contribution in [2.75, 3.05) is 13.1 Å². The van der Waals surface area contributed by atoms with Gasteiger partial charge in [0.15, 0.2) is 0 Å². The number of piperidine rings is 1. The second kappa shape index (κ2) is 5.86. The predicted octanol–water partition coefficient (Wildman–Crippen LogP) is 3.04. The standard InChI is InChI=1S/C12H17NO2S3/c1-10-6-8-13(9-7-10)18(14,15)12-4-2-11(17-16)3-5-12/h2-5,10,16H,6-9H2,1H3. The van der Waals surface area contributed by atoms with E-state index in [2.05, 4.69) is 18.6 Å². The van der Waals surface area contributed by atoms with Gasteiger partial charge in [0.2, 0.25) is 10.0 Å². The second-order valence-corrected chi connectivity index (χ2v) is 7.79. The lowest BCUT2D eigenvalue weighted by molar-refractivity contribution is 0.288. The molecule has 1 aromatic carbocycles. The zero-order valence-electron chi connectivity index (χ0n) is 10.2. The Hall–Kier alpha value is -0.170. The molecular formula is C12H17NO2S3. The van der Waals surface area contributed by atoms with Crippen LogP contribution in [0, 0.1) is 5.92 Å². The first-order valence-corrected chi connectivity index (χ1v) is 9.26. The first-order valence-electron chi connectivity index (χ1n) is 5.95. The molecule has 0 radical (unpaired) electrons. The Morgan fingerprint density at radius 3 is 2.28 bits per heavy atom. The van der Waals surface area contributed by atoms with E-state index in [0.29, 0.717) is 23.9 Å². The summed E-state index contributed by atoms with van der Waals surface area (Å²) >= 11 is 4.09. The van der Waals surface area contributed by atoms with Gasteiger partial charge in [-0.15, -0.1) is 11.7 Å². The third-order valence-electron chi connectivity index (χ3n) is 3.31. The maximum absolute atomic E-state index is 12.4. The number of rotatable bonds is 3. The average Bonchev–Trinajstić information content (AvgIpc) is 2.39. The number of nitrogens with zero attached hydrogens (tertiary/aromatic N) is 1. The smallest absolute Gasteiger partial charge is 0.207 e. The van der Waals surface area contributed by atoms with Crippen molar-refractivity contribution in [3.63, 3.8) is 0 Å². The second-order valence-electron chi connectivity index (χ2n) is 4.65. The molecule has 0 atom stereocenters. The van der Waals surface area contributed by atoms with E-state index in [1.54, 1.807) is 28.6 Å². The van der Waals surface area contributed by atoms with Crippen LogP contribution in [0.15, 0.2) is 34.1 Å². The molecule has 6 heteroatoms. The number of hydrogen-bond acceptors (Lipinski definition) is 4. The Labute approximate surface area is 118 Å². The number of benzene rings is 1. The summed E-state index contributed by atoms with van der Waals surface area (Å²) in [6.07, 6.45) is 1.90. The van der Waals surface area contributed by atoms with E-state index in [1.807, 2.05) is 0 Å². The number of hydrogen-bond donors (Lipinski definition) is 1. The Balaban J connectivity index is 2.19. The molecular weight excluding hydrogens is 286 g/mol. The summed E-state index contributed by atoms with van der Waals surface area (Å²) in [5.41, 5.74) is 0. The quantitative estimate of drug-likeness (QED) is 0.689. The van der Waals surface area contributed by atoms with E-state index in [1.165, 1.54) is 10.8 Å². The highest BCUT2D eigenvalue weighted by Crippen LogP contribution is 2.26. The van der Waals surface area contributed by atoms with Gasteiger partial charge in [0.05, 0.1) is 4.90 Å². The molecule has 0 saturated carbocycles. The van der Waals surface area contributed by atoms with Crippen LogP contribution in [0.2, 0.25) is 0 Å². The van der Waals surface area contributed by atoms with Crippen molar-refractivity contribution >= 4 is 32.5 Å². The fourth-order valence-electron chi connectivity index (χ4n) is 2.05. The van der Waals surface area contributed by atoms with E-state index in [-0.39, 0.29) is 0 Å². The van der Waals surface area contributed by atoms with E-state index in [9.17, 15) is 8.42 Å². The molecule has 0 unspecified atom stereocenters. The van der Waals surface area contributed by atoms with Gasteiger partial charge >= 0.3 is 0 Å². The van der Waals surface area contributed by atoms with E-state index in [4.69, 9.17) is 0 Å². The summed E-state index contributed by atoms with van der Waals surface area (Å²) in [5.74, 6) is 0.624. The topological polar surface area (TPSA) is 37.4 Å². The van der Waals surface area contributed by atoms with Gasteiger partial charge in [-0.2, -0.15) is 4.31 Å². The molecule has 1 heterocycles. The van der Waals surface area contributed by atoms with Crippen molar-refractivity contribution in [2.45, 2.75) is 29.6 Å². The van der Waals surface area contributed by atoms with Crippen LogP contribution >= 0.6 is 22.5 Å². The minimum Gasteiger partial charge on any atom is -0.207 e. The van der Waals surface area contributed by atoms with Gasteiger partial charge in [-0.05, 0) is 43.0 Å². The molecule has 1 fully saturated rings. The van der Waals surface area contributed by atoms with Crippen molar-refractivity contribution in [3.8, 4) is 0 Å². The van der Waals surface area contributed by atoms with E-state index in [0.717, 1.165) is 17.7 Å². The Kier molecular flexibility index (Phi) is 4.64. The zero-order valence-corrected chi connectivity index (χ0v) is 12.8. The third-order valence-corrected chi connectivity index (χ3v) is 6.34. The largest absolute Gasteiger partial charge is 0.243 e. The Morgan fingerprint density at radius 1 is 1.22 bits per heavy atom. The van der Waals surface area contributed by atoms with Crippen LogP contribution in [0.5, 0.6) is 0 Å². The molecule has 1 aromatic rings. The SMILES string of the molecule is CC1CCN(S(=O)(=O)c2ccc(SS)cc2)CC1. The highest BCUT2D eigenvalue weighted by Gasteiger charge is 2.27. The van der Waals surface area contributed by atoms with Gasteiger partial charge in [0.1, 0.15) is 0 Å². The van der Waals surface area contributed by atoms with Gasteiger partial charge in [-0.3, -0.25) is 0 Å². The molecule has 2 rings (SSSR count). The summed E-state index contributed by atoms with van der Waals surface area (Å²) in [4.78, 5) is 1.33. The lowest BCUT2D eigenvalue weighted by Gasteiger charge is -2.29. The van der Waals surface area contributed by atoms with Crippen LogP contribution in [0.25, 0.3) is 0 Å². The molecule has 1 aliphatic rings. The Bertz CT molecular complexity index is 491. The summed E-state index contributed by atoms with van der Waals surface area (Å²) in [7, 11) is -2.00. The first-order chi connectivity index (χ1) is 8.54. The van der Waals surface area contributed by atoms with Gasteiger partial charge in [-0.1, -0.05) is 17.7 Å². The van der Waals surface area contributed by atoms with Crippen LogP contribution in [0.3, 0.4) is 0 Å². The van der Waals surface area contributed by atoms with Crippen LogP contribution < -0.4 is 0 Å². The highest BCUT2D eigenvalue weighted by atomic mass is 33.1. The molecule has 1 aliphatic heterocycles. The van der Waals surface area contributed by atoms with Gasteiger partial charge in [0.25, 0.3) is 0 Å². The average molecular weight is 303 g/mol. The Morgan fingerprint density at radius 2 is 1.78 bits per heavy atom. The molecule has 0 N–H and O–H groups in total. The summed E-state index contributed by atoms with van der Waals surface area (Å²) in [6.45, 7) is 3.43. The fourth-order valence-corrected chi connectivity index (χ4v) is 4.14. The summed E-state index contributed by atoms with van der Waals surface area (Å²) in [6, 6.07) is 6.89. The minimum absolute atomic E-state index is 0.378. The molecule has 0 aromatic heterocycles. The number of sulfonamides is 1. The molecule has 100 valence electrons. The minimum atomic E-state index is -3.31. The van der Waals surface area contributed by atoms with Gasteiger partial charge < -0.3 is 0 Å². The maximum atomic E-state index is 12.4. The van der Waals surface area contributed by atoms with E-state index >= 15 is 0 Å². The van der Waals surface area contributed by atoms with Crippen LogP contribution in [-0.2, 0) is 10.0 Å². The molecule has 18 heavy (non-hydrogen) atoms. The maximum Gasteiger partial charge on any atom is 0.243 e. The van der Waals surface area contributed by atoms with Gasteiger partial charge in [-0.25, -0.2) is 8.42 Å². The number of thiol groups is 1. The van der Waals surface area contributed by atoms with Gasteiger partial charge in [0, 0.05) is 18.0 Å². The summed E-state index contributed by atoms with van der Waals surface area (Å²) < 4.78 is 26.4. The monoisotopic (exact) mass is 303 g/mol. The third kappa shape index (κ3) is 3.04. The lowest BCUT2D eigenvalue weighted by Crippen LogP contribution is -2.37. The zero-order chi connectivity index (χ0) is 13.2. The van der Waals surface area contributed by atoms with Crippen molar-refractivity contribution in [1.29, 1.82) is 0 Å². The normalized spacial score (nSPS) is 19.0. The molecule has 3 nitrogen and oxygen atoms in total. The molecule has 0 bridgehead atoms. The predicted molar refractivity (Wildman–Crippen MR) is 78.4 cm³/mol. The first kappa shape index (κ1) is 14.2.